The van der Waals surface area contributed by atoms with Gasteiger partial charge in [-0.15, -0.1) is 0 Å². The Kier molecular flexibility index (Phi) is 1.18. The zero-order valence-electron chi connectivity index (χ0n) is 5.73. The topological polar surface area (TPSA) is 64.7 Å². The lowest BCUT2D eigenvalue weighted by atomic mass is 10.4. The quantitative estimate of drug-likeness (QED) is 0.591. The fourth-order valence-electron chi connectivity index (χ4n) is 0.876. The second-order valence-corrected chi connectivity index (χ2v) is 2.16. The molecule has 0 atom stereocenters. The molecule has 0 bridgehead atoms. The van der Waals surface area contributed by atoms with Gasteiger partial charge in [0.15, 0.2) is 0 Å². The Morgan fingerprint density at radius 3 is 3.00 bits per heavy atom. The van der Waals surface area contributed by atoms with Crippen LogP contribution in [-0.4, -0.2) is 15.0 Å². The average Bonchev–Trinajstić information content (AvgIpc) is 2.04. The first kappa shape index (κ1) is 6.03. The highest BCUT2D eigenvalue weighted by Gasteiger charge is 1.93. The van der Waals surface area contributed by atoms with Crippen LogP contribution >= 0.6 is 0 Å². The Morgan fingerprint density at radius 1 is 1.18 bits per heavy atom. The second kappa shape index (κ2) is 2.16. The number of nitrogens with zero attached hydrogens (tertiary/aromatic N) is 3. The molecule has 0 aliphatic rings. The number of nitrogens with two attached hydrogens (primary N) is 1. The number of anilines is 1. The summed E-state index contributed by atoms with van der Waals surface area (Å²) in [6.07, 6.45) is 4.84. The lowest BCUT2D eigenvalue weighted by Crippen LogP contribution is -1.92. The Morgan fingerprint density at radius 2 is 2.09 bits per heavy atom. The number of nitrogen functional groups attached to an aromatic ring is 1. The van der Waals surface area contributed by atoms with E-state index in [0.717, 1.165) is 11.0 Å². The van der Waals surface area contributed by atoms with E-state index in [9.17, 15) is 0 Å². The number of hydrogen-bond acceptors (Lipinski definition) is 4. The highest BCUT2D eigenvalue weighted by molar-refractivity contribution is 5.73. The summed E-state index contributed by atoms with van der Waals surface area (Å²) in [6.45, 7) is 0. The van der Waals surface area contributed by atoms with E-state index >= 15 is 0 Å². The van der Waals surface area contributed by atoms with Gasteiger partial charge in [-0.3, -0.25) is 4.98 Å². The first-order chi connectivity index (χ1) is 5.36. The van der Waals surface area contributed by atoms with E-state index in [0.29, 0.717) is 5.82 Å². The zero-order chi connectivity index (χ0) is 7.68. The van der Waals surface area contributed by atoms with Crippen LogP contribution in [0.4, 0.5) is 5.82 Å². The molecule has 54 valence electrons. The van der Waals surface area contributed by atoms with Crippen LogP contribution in [0.1, 0.15) is 0 Å². The summed E-state index contributed by atoms with van der Waals surface area (Å²) in [6, 6.07) is 1.78. The number of rotatable bonds is 0. The van der Waals surface area contributed by atoms with Gasteiger partial charge in [-0.2, -0.15) is 0 Å². The smallest absolute Gasteiger partial charge is 0.142 e. The molecule has 0 spiro atoms. The standard InChI is InChI=1S/C7H6N4/c8-7-4-10-6-3-9-2-1-5(6)11-7/h1-4H,(H2,8,11). The van der Waals surface area contributed by atoms with Crippen LogP contribution in [0.15, 0.2) is 24.7 Å². The Bertz CT molecular complexity index is 385. The molecule has 0 saturated carbocycles. The van der Waals surface area contributed by atoms with Gasteiger partial charge in [-0.25, -0.2) is 9.97 Å². The van der Waals surface area contributed by atoms with Crippen LogP contribution in [-0.2, 0) is 0 Å². The largest absolute Gasteiger partial charge is 0.382 e. The van der Waals surface area contributed by atoms with Crippen molar-refractivity contribution < 1.29 is 0 Å². The molecule has 0 amide bonds. The minimum atomic E-state index is 0.434. The van der Waals surface area contributed by atoms with Crippen LogP contribution in [0, 0.1) is 0 Å². The van der Waals surface area contributed by atoms with Crippen molar-refractivity contribution in [3.05, 3.63) is 24.7 Å². The Balaban J connectivity index is 2.83. The molecule has 0 radical (unpaired) electrons. The highest BCUT2D eigenvalue weighted by Crippen LogP contribution is 2.06. The van der Waals surface area contributed by atoms with E-state index < -0.39 is 0 Å². The first-order valence-corrected chi connectivity index (χ1v) is 3.18. The van der Waals surface area contributed by atoms with Crippen LogP contribution in [0.5, 0.6) is 0 Å². The third kappa shape index (κ3) is 0.980. The molecule has 0 aliphatic carbocycles. The van der Waals surface area contributed by atoms with E-state index in [1.807, 2.05) is 0 Å². The van der Waals surface area contributed by atoms with Crippen LogP contribution < -0.4 is 5.73 Å². The molecule has 4 nitrogen and oxygen atoms in total. The molecule has 0 fully saturated rings. The minimum absolute atomic E-state index is 0.434. The maximum Gasteiger partial charge on any atom is 0.142 e. The van der Waals surface area contributed by atoms with Gasteiger partial charge in [0.1, 0.15) is 11.3 Å². The molecule has 2 heterocycles. The summed E-state index contributed by atoms with van der Waals surface area (Å²) in [5.74, 6) is 0.434. The number of hydrogen-bond donors (Lipinski definition) is 1. The van der Waals surface area contributed by atoms with Crippen molar-refractivity contribution in [2.45, 2.75) is 0 Å². The number of aromatic nitrogens is 3. The van der Waals surface area contributed by atoms with Crippen molar-refractivity contribution >= 4 is 16.9 Å². The summed E-state index contributed by atoms with van der Waals surface area (Å²) in [5.41, 5.74) is 6.97. The molecule has 4 heteroatoms. The molecule has 0 aromatic carbocycles. The Labute approximate surface area is 63.1 Å². The van der Waals surface area contributed by atoms with Gasteiger partial charge in [-0.1, -0.05) is 0 Å². The molecule has 11 heavy (non-hydrogen) atoms. The molecule has 2 rings (SSSR count). The molecular formula is C7H6N4. The minimum Gasteiger partial charge on any atom is -0.382 e. The van der Waals surface area contributed by atoms with E-state index in [2.05, 4.69) is 15.0 Å². The monoisotopic (exact) mass is 146 g/mol. The number of pyridine rings is 1. The normalized spacial score (nSPS) is 10.2. The molecule has 2 N–H and O–H groups in total. The summed E-state index contributed by atoms with van der Waals surface area (Å²) >= 11 is 0. The molecule has 0 saturated heterocycles. The highest BCUT2D eigenvalue weighted by atomic mass is 14.9. The molecule has 0 unspecified atom stereocenters. The number of fused-ring (bicyclic) bond motifs is 1. The predicted molar refractivity (Wildman–Crippen MR) is 41.7 cm³/mol. The third-order valence-electron chi connectivity index (χ3n) is 1.36. The van der Waals surface area contributed by atoms with Gasteiger partial charge in [0.2, 0.25) is 0 Å². The average molecular weight is 146 g/mol. The Hall–Kier alpha value is -1.71. The van der Waals surface area contributed by atoms with Gasteiger partial charge in [0.05, 0.1) is 17.9 Å². The van der Waals surface area contributed by atoms with Crippen LogP contribution in [0.25, 0.3) is 11.0 Å². The van der Waals surface area contributed by atoms with E-state index in [4.69, 9.17) is 5.73 Å². The maximum absolute atomic E-state index is 5.43. The first-order valence-electron chi connectivity index (χ1n) is 3.18. The summed E-state index contributed by atoms with van der Waals surface area (Å²) in [7, 11) is 0. The van der Waals surface area contributed by atoms with Gasteiger partial charge in [0, 0.05) is 6.20 Å². The SMILES string of the molecule is Nc1cnc2cnccc2n1. The van der Waals surface area contributed by atoms with Crippen molar-refractivity contribution in [1.29, 1.82) is 0 Å². The molecule has 2 aromatic heterocycles. The van der Waals surface area contributed by atoms with Crippen molar-refractivity contribution in [1.82, 2.24) is 15.0 Å². The van der Waals surface area contributed by atoms with E-state index in [-0.39, 0.29) is 0 Å². The van der Waals surface area contributed by atoms with Gasteiger partial charge >= 0.3 is 0 Å². The molecule has 0 aliphatic heterocycles. The van der Waals surface area contributed by atoms with Crippen LogP contribution in [0.3, 0.4) is 0 Å². The predicted octanol–water partition coefficient (Wildman–Crippen LogP) is 0.607. The lowest BCUT2D eigenvalue weighted by Gasteiger charge is -1.94. The fourth-order valence-corrected chi connectivity index (χ4v) is 0.876. The molecular weight excluding hydrogens is 140 g/mol. The fraction of sp³-hybridized carbons (Fsp3) is 0. The van der Waals surface area contributed by atoms with Crippen molar-refractivity contribution in [2.24, 2.45) is 0 Å². The third-order valence-corrected chi connectivity index (χ3v) is 1.36. The van der Waals surface area contributed by atoms with Crippen molar-refractivity contribution in [2.75, 3.05) is 5.73 Å². The van der Waals surface area contributed by atoms with Crippen molar-refractivity contribution in [3.8, 4) is 0 Å². The van der Waals surface area contributed by atoms with Gasteiger partial charge < -0.3 is 5.73 Å². The van der Waals surface area contributed by atoms with Gasteiger partial charge in [-0.05, 0) is 6.07 Å². The summed E-state index contributed by atoms with van der Waals surface area (Å²) < 4.78 is 0. The lowest BCUT2D eigenvalue weighted by molar-refractivity contribution is 1.25. The second-order valence-electron chi connectivity index (χ2n) is 2.16. The van der Waals surface area contributed by atoms with E-state index in [1.54, 1.807) is 18.5 Å². The van der Waals surface area contributed by atoms with Crippen molar-refractivity contribution in [3.63, 3.8) is 0 Å². The summed E-state index contributed by atoms with van der Waals surface area (Å²) in [5, 5.41) is 0. The van der Waals surface area contributed by atoms with Crippen LogP contribution in [0.2, 0.25) is 0 Å². The maximum atomic E-state index is 5.43. The van der Waals surface area contributed by atoms with E-state index in [1.165, 1.54) is 6.20 Å². The molecule has 2 aromatic rings. The zero-order valence-corrected chi connectivity index (χ0v) is 5.73. The van der Waals surface area contributed by atoms with Gasteiger partial charge in [0.25, 0.3) is 0 Å². The summed E-state index contributed by atoms with van der Waals surface area (Å²) in [4.78, 5) is 12.0.